The van der Waals surface area contributed by atoms with E-state index in [4.69, 9.17) is 5.26 Å². The maximum absolute atomic E-state index is 13.4. The summed E-state index contributed by atoms with van der Waals surface area (Å²) in [4.78, 5) is 4.32. The number of halogens is 2. The van der Waals surface area contributed by atoms with Gasteiger partial charge in [-0.1, -0.05) is 0 Å². The summed E-state index contributed by atoms with van der Waals surface area (Å²) in [5.41, 5.74) is -0.136. The van der Waals surface area contributed by atoms with Crippen LogP contribution in [0.2, 0.25) is 0 Å². The molecule has 1 aliphatic rings. The van der Waals surface area contributed by atoms with E-state index in [-0.39, 0.29) is 6.54 Å². The lowest BCUT2D eigenvalue weighted by atomic mass is 10.1. The average molecular weight is 292 g/mol. The molecule has 2 aromatic rings. The van der Waals surface area contributed by atoms with E-state index in [2.05, 4.69) is 14.7 Å². The van der Waals surface area contributed by atoms with Crippen LogP contribution in [0.1, 0.15) is 35.7 Å². The highest BCUT2D eigenvalue weighted by Crippen LogP contribution is 2.39. The summed E-state index contributed by atoms with van der Waals surface area (Å²) < 4.78 is 31.1. The van der Waals surface area contributed by atoms with Crippen molar-refractivity contribution >= 4 is 16.7 Å². The summed E-state index contributed by atoms with van der Waals surface area (Å²) in [6, 6.07) is 3.80. The van der Waals surface area contributed by atoms with Crippen molar-refractivity contribution < 1.29 is 8.78 Å². The Balaban J connectivity index is 1.70. The quantitative estimate of drug-likeness (QED) is 0.940. The van der Waals surface area contributed by atoms with Gasteiger partial charge in [-0.05, 0) is 30.5 Å². The van der Waals surface area contributed by atoms with Gasteiger partial charge < -0.3 is 5.32 Å². The summed E-state index contributed by atoms with van der Waals surface area (Å²) in [6.07, 6.45) is 2.25. The molecule has 1 saturated carbocycles. The molecule has 1 aromatic heterocycles. The van der Waals surface area contributed by atoms with Gasteiger partial charge in [-0.3, -0.25) is 0 Å². The summed E-state index contributed by atoms with van der Waals surface area (Å²) in [6.45, 7) is 0.235. The van der Waals surface area contributed by atoms with Gasteiger partial charge in [0, 0.05) is 24.0 Å². The first-order valence-corrected chi connectivity index (χ1v) is 6.90. The topological polar surface area (TPSA) is 61.6 Å². The number of nitrogens with zero attached hydrogens (tertiary/aromatic N) is 3. The van der Waals surface area contributed by atoms with Gasteiger partial charge in [0.2, 0.25) is 5.13 Å². The van der Waals surface area contributed by atoms with E-state index in [1.807, 2.05) is 0 Å². The lowest BCUT2D eigenvalue weighted by Gasteiger charge is -2.04. The zero-order valence-corrected chi connectivity index (χ0v) is 11.2. The summed E-state index contributed by atoms with van der Waals surface area (Å²) >= 11 is 1.24. The van der Waals surface area contributed by atoms with Crippen LogP contribution in [0.25, 0.3) is 0 Å². The minimum Gasteiger partial charge on any atom is -0.356 e. The summed E-state index contributed by atoms with van der Waals surface area (Å²) in [7, 11) is 0. The Hall–Kier alpha value is -2.07. The van der Waals surface area contributed by atoms with Gasteiger partial charge in [0.05, 0.1) is 0 Å². The fraction of sp³-hybridized carbons (Fsp3) is 0.308. The first-order valence-electron chi connectivity index (χ1n) is 6.13. The van der Waals surface area contributed by atoms with Crippen LogP contribution in [0.4, 0.5) is 13.9 Å². The van der Waals surface area contributed by atoms with Crippen LogP contribution in [0, 0.1) is 23.0 Å². The van der Waals surface area contributed by atoms with Crippen LogP contribution in [-0.2, 0) is 6.54 Å². The van der Waals surface area contributed by atoms with E-state index in [0.29, 0.717) is 16.6 Å². The highest BCUT2D eigenvalue weighted by atomic mass is 32.1. The van der Waals surface area contributed by atoms with E-state index in [1.165, 1.54) is 17.6 Å². The standard InChI is InChI=1S/C13H10F2N4S/c14-10-3-7(4-11(15)9(10)5-16)6-17-13-18-12(19-20-13)8-1-2-8/h3-4,8H,1-2,6H2,(H,17,18,19). The van der Waals surface area contributed by atoms with Gasteiger partial charge >= 0.3 is 0 Å². The lowest BCUT2D eigenvalue weighted by Crippen LogP contribution is -2.02. The molecular weight excluding hydrogens is 282 g/mol. The van der Waals surface area contributed by atoms with Gasteiger partial charge in [-0.2, -0.15) is 9.64 Å². The van der Waals surface area contributed by atoms with E-state index in [9.17, 15) is 8.78 Å². The van der Waals surface area contributed by atoms with Gasteiger partial charge in [0.25, 0.3) is 0 Å². The van der Waals surface area contributed by atoms with E-state index < -0.39 is 17.2 Å². The van der Waals surface area contributed by atoms with E-state index >= 15 is 0 Å². The number of hydrogen-bond acceptors (Lipinski definition) is 5. The molecule has 3 rings (SSSR count). The van der Waals surface area contributed by atoms with Crippen LogP contribution < -0.4 is 5.32 Å². The van der Waals surface area contributed by atoms with Gasteiger partial charge in [-0.25, -0.2) is 13.8 Å². The Kier molecular flexibility index (Phi) is 3.32. The first-order chi connectivity index (χ1) is 9.67. The fourth-order valence-electron chi connectivity index (χ4n) is 1.83. The number of nitrogens with one attached hydrogen (secondary N) is 1. The SMILES string of the molecule is N#Cc1c(F)cc(CNc2nc(C3CC3)ns2)cc1F. The zero-order valence-electron chi connectivity index (χ0n) is 10.4. The number of hydrogen-bond donors (Lipinski definition) is 1. The largest absolute Gasteiger partial charge is 0.356 e. The maximum Gasteiger partial charge on any atom is 0.202 e. The predicted molar refractivity (Wildman–Crippen MR) is 70.3 cm³/mol. The van der Waals surface area contributed by atoms with Crippen LogP contribution in [0.3, 0.4) is 0 Å². The number of aromatic nitrogens is 2. The van der Waals surface area contributed by atoms with Gasteiger partial charge in [0.1, 0.15) is 29.1 Å². The Bertz CT molecular complexity index is 665. The molecule has 0 amide bonds. The maximum atomic E-state index is 13.4. The van der Waals surface area contributed by atoms with Crippen molar-refractivity contribution in [2.24, 2.45) is 0 Å². The van der Waals surface area contributed by atoms with Crippen molar-refractivity contribution in [1.29, 1.82) is 5.26 Å². The lowest BCUT2D eigenvalue weighted by molar-refractivity contribution is 0.574. The molecule has 0 radical (unpaired) electrons. The molecule has 0 aliphatic heterocycles. The molecular formula is C13H10F2N4S. The van der Waals surface area contributed by atoms with Gasteiger partial charge in [-0.15, -0.1) is 0 Å². The molecule has 0 saturated heterocycles. The van der Waals surface area contributed by atoms with Crippen LogP contribution in [0.5, 0.6) is 0 Å². The molecule has 1 heterocycles. The molecule has 1 fully saturated rings. The number of anilines is 1. The second-order valence-corrected chi connectivity index (χ2v) is 5.38. The molecule has 1 N–H and O–H groups in total. The molecule has 4 nitrogen and oxygen atoms in total. The second kappa shape index (κ2) is 5.13. The summed E-state index contributed by atoms with van der Waals surface area (Å²) in [5, 5.41) is 12.2. The highest BCUT2D eigenvalue weighted by molar-refractivity contribution is 7.09. The fourth-order valence-corrected chi connectivity index (χ4v) is 2.47. The van der Waals surface area contributed by atoms with Crippen molar-refractivity contribution in [2.75, 3.05) is 5.32 Å². The third-order valence-corrected chi connectivity index (χ3v) is 3.73. The molecule has 1 aliphatic carbocycles. The van der Waals surface area contributed by atoms with Crippen molar-refractivity contribution in [2.45, 2.75) is 25.3 Å². The van der Waals surface area contributed by atoms with Crippen molar-refractivity contribution in [3.63, 3.8) is 0 Å². The Morgan fingerprint density at radius 1 is 1.35 bits per heavy atom. The molecule has 0 atom stereocenters. The van der Waals surface area contributed by atoms with Crippen LogP contribution in [0.15, 0.2) is 12.1 Å². The number of benzene rings is 1. The van der Waals surface area contributed by atoms with Crippen LogP contribution in [-0.4, -0.2) is 9.36 Å². The molecule has 1 aromatic carbocycles. The molecule has 0 unspecified atom stereocenters. The van der Waals surface area contributed by atoms with Crippen molar-refractivity contribution in [3.8, 4) is 6.07 Å². The summed E-state index contributed by atoms with van der Waals surface area (Å²) in [5.74, 6) is -0.373. The number of rotatable bonds is 4. The van der Waals surface area contributed by atoms with E-state index in [1.54, 1.807) is 0 Å². The second-order valence-electron chi connectivity index (χ2n) is 4.63. The zero-order chi connectivity index (χ0) is 14.1. The Morgan fingerprint density at radius 3 is 2.65 bits per heavy atom. The van der Waals surface area contributed by atoms with Crippen LogP contribution >= 0.6 is 11.5 Å². The predicted octanol–water partition coefficient (Wildman–Crippen LogP) is 3.18. The minimum absolute atomic E-state index is 0.235. The molecule has 0 bridgehead atoms. The smallest absolute Gasteiger partial charge is 0.202 e. The number of nitriles is 1. The molecule has 0 spiro atoms. The van der Waals surface area contributed by atoms with E-state index in [0.717, 1.165) is 30.8 Å². The third-order valence-electron chi connectivity index (χ3n) is 3.04. The highest BCUT2D eigenvalue weighted by Gasteiger charge is 2.27. The third kappa shape index (κ3) is 2.60. The monoisotopic (exact) mass is 292 g/mol. The van der Waals surface area contributed by atoms with Gasteiger partial charge in [0.15, 0.2) is 0 Å². The molecule has 7 heteroatoms. The Morgan fingerprint density at radius 2 is 2.05 bits per heavy atom. The molecule has 102 valence electrons. The van der Waals surface area contributed by atoms with Crippen molar-refractivity contribution in [1.82, 2.24) is 9.36 Å². The normalized spacial score (nSPS) is 14.1. The Labute approximate surface area is 118 Å². The molecule has 20 heavy (non-hydrogen) atoms. The minimum atomic E-state index is -0.847. The average Bonchev–Trinajstić information content (AvgIpc) is 3.16. The van der Waals surface area contributed by atoms with Crippen molar-refractivity contribution in [3.05, 3.63) is 40.7 Å². The first kappa shape index (κ1) is 12.9.